The van der Waals surface area contributed by atoms with Gasteiger partial charge in [-0.2, -0.15) is 0 Å². The molecule has 3 aromatic carbocycles. The van der Waals surface area contributed by atoms with E-state index in [2.05, 4.69) is 46.2 Å². The summed E-state index contributed by atoms with van der Waals surface area (Å²) >= 11 is 0. The highest BCUT2D eigenvalue weighted by Gasteiger charge is 2.77. The number of phenolic OH excluding ortho intramolecular Hbond substituents is 2. The molecule has 8 atom stereocenters. The number of likely N-dealkylation sites (tertiary alicyclic amines) is 2. The molecule has 3 aromatic rings. The van der Waals surface area contributed by atoms with Crippen LogP contribution in [0.5, 0.6) is 23.0 Å². The largest absolute Gasteiger partial charge is 0.504 e. The molecular weight excluding hydrogens is 705 g/mol. The fourth-order valence-electron chi connectivity index (χ4n) is 14.5. The first-order chi connectivity index (χ1) is 27.2. The van der Waals surface area contributed by atoms with Crippen molar-refractivity contribution < 1.29 is 34.6 Å². The summed E-state index contributed by atoms with van der Waals surface area (Å²) in [6.07, 6.45) is 7.35. The maximum atomic E-state index is 13.8. The Labute approximate surface area is 326 Å². The summed E-state index contributed by atoms with van der Waals surface area (Å²) in [6, 6.07) is 18.0. The van der Waals surface area contributed by atoms with Crippen molar-refractivity contribution in [2.75, 3.05) is 26.2 Å². The third-order valence-electron chi connectivity index (χ3n) is 17.1. The Morgan fingerprint density at radius 3 is 1.57 bits per heavy atom. The highest BCUT2D eigenvalue weighted by atomic mass is 16.6. The van der Waals surface area contributed by atoms with Gasteiger partial charge in [0, 0.05) is 55.1 Å². The van der Waals surface area contributed by atoms with Crippen LogP contribution in [0.3, 0.4) is 0 Å². The summed E-state index contributed by atoms with van der Waals surface area (Å²) in [5.74, 6) is 3.73. The second-order valence-electron chi connectivity index (χ2n) is 19.6. The van der Waals surface area contributed by atoms with Crippen molar-refractivity contribution >= 4 is 0 Å². The molecule has 14 rings (SSSR count). The molecule has 6 aliphatic carbocycles. The van der Waals surface area contributed by atoms with Gasteiger partial charge < -0.3 is 34.6 Å². The molecule has 2 spiro atoms. The highest BCUT2D eigenvalue weighted by Crippen LogP contribution is 2.72. The smallest absolute Gasteiger partial charge is 0.169 e. The number of nitrogens with zero attached hydrogens (tertiary/aromatic N) is 2. The van der Waals surface area contributed by atoms with Crippen molar-refractivity contribution in [2.24, 2.45) is 11.8 Å². The number of aliphatic hydroxyl groups is 2. The van der Waals surface area contributed by atoms with Gasteiger partial charge in [-0.25, -0.2) is 0 Å². The first-order valence-electron chi connectivity index (χ1n) is 21.4. The van der Waals surface area contributed by atoms with E-state index in [9.17, 15) is 20.4 Å². The van der Waals surface area contributed by atoms with Crippen LogP contribution in [0.1, 0.15) is 85.1 Å². The van der Waals surface area contributed by atoms with Gasteiger partial charge in [0.15, 0.2) is 35.2 Å². The van der Waals surface area contributed by atoms with Crippen LogP contribution in [0, 0.1) is 11.8 Å². The van der Waals surface area contributed by atoms with Crippen molar-refractivity contribution in [1.29, 1.82) is 0 Å². The summed E-state index contributed by atoms with van der Waals surface area (Å²) < 4.78 is 21.6. The van der Waals surface area contributed by atoms with Crippen LogP contribution in [0.15, 0.2) is 77.3 Å². The molecule has 9 nitrogen and oxygen atoms in total. The van der Waals surface area contributed by atoms with E-state index in [0.717, 1.165) is 76.7 Å². The van der Waals surface area contributed by atoms with Gasteiger partial charge in [0.25, 0.3) is 0 Å². The van der Waals surface area contributed by atoms with E-state index in [1.54, 1.807) is 12.1 Å². The van der Waals surface area contributed by atoms with Crippen molar-refractivity contribution in [3.63, 3.8) is 0 Å². The van der Waals surface area contributed by atoms with E-state index in [-0.39, 0.29) is 29.5 Å². The van der Waals surface area contributed by atoms with Crippen LogP contribution >= 0.6 is 0 Å². The van der Waals surface area contributed by atoms with Crippen molar-refractivity contribution in [3.05, 3.63) is 105 Å². The van der Waals surface area contributed by atoms with Gasteiger partial charge in [0.2, 0.25) is 0 Å². The van der Waals surface area contributed by atoms with E-state index in [1.807, 2.05) is 6.07 Å². The third-order valence-corrected chi connectivity index (χ3v) is 17.1. The lowest BCUT2D eigenvalue weighted by Crippen LogP contribution is -2.77. The molecule has 5 heterocycles. The average molecular weight is 753 g/mol. The molecule has 288 valence electrons. The van der Waals surface area contributed by atoms with Gasteiger partial charge >= 0.3 is 0 Å². The number of piperidine rings is 2. The topological polar surface area (TPSA) is 115 Å². The lowest BCUT2D eigenvalue weighted by atomic mass is 9.46. The monoisotopic (exact) mass is 752 g/mol. The van der Waals surface area contributed by atoms with Crippen LogP contribution in [0.4, 0.5) is 0 Å². The minimum absolute atomic E-state index is 0.103. The number of rotatable bonds is 5. The molecule has 0 aromatic heterocycles. The first-order valence-corrected chi connectivity index (χ1v) is 21.4. The maximum Gasteiger partial charge on any atom is 0.169 e. The third kappa shape index (κ3) is 3.54. The molecule has 2 saturated heterocycles. The molecule has 56 heavy (non-hydrogen) atoms. The molecule has 5 aliphatic heterocycles. The molecule has 0 amide bonds. The Morgan fingerprint density at radius 1 is 0.625 bits per heavy atom. The maximum absolute atomic E-state index is 13.8. The minimum Gasteiger partial charge on any atom is -0.504 e. The lowest BCUT2D eigenvalue weighted by Gasteiger charge is -2.65. The quantitative estimate of drug-likeness (QED) is 0.270. The summed E-state index contributed by atoms with van der Waals surface area (Å²) in [5, 5.41) is 50.5. The molecule has 2 saturated carbocycles. The molecular formula is C47H48N2O7. The van der Waals surface area contributed by atoms with Gasteiger partial charge in [-0.1, -0.05) is 42.5 Å². The predicted molar refractivity (Wildman–Crippen MR) is 205 cm³/mol. The van der Waals surface area contributed by atoms with Crippen LogP contribution in [-0.4, -0.2) is 91.9 Å². The fourth-order valence-corrected chi connectivity index (χ4v) is 14.5. The summed E-state index contributed by atoms with van der Waals surface area (Å²) in [6.45, 7) is 3.71. The fraction of sp³-hybridized carbons (Fsp3) is 0.532. The molecule has 4 bridgehead atoms. The minimum atomic E-state index is -1.17. The number of fused-ring (bicyclic) bond motifs is 2. The second-order valence-corrected chi connectivity index (χ2v) is 19.6. The van der Waals surface area contributed by atoms with Crippen LogP contribution in [0.2, 0.25) is 0 Å². The number of aromatic hydroxyl groups is 2. The van der Waals surface area contributed by atoms with Crippen molar-refractivity contribution in [1.82, 2.24) is 9.80 Å². The average Bonchev–Trinajstić information content (AvgIpc) is 4.12. The van der Waals surface area contributed by atoms with Crippen LogP contribution in [-0.2, 0) is 28.4 Å². The number of benzene rings is 3. The van der Waals surface area contributed by atoms with Crippen molar-refractivity contribution in [3.8, 4) is 23.0 Å². The number of hydrogen-bond acceptors (Lipinski definition) is 9. The second kappa shape index (κ2) is 10.2. The Hall–Kier alpha value is -4.02. The van der Waals surface area contributed by atoms with Gasteiger partial charge in [0.05, 0.1) is 22.0 Å². The van der Waals surface area contributed by atoms with E-state index < -0.39 is 34.2 Å². The molecule has 2 unspecified atom stereocenters. The first kappa shape index (κ1) is 32.0. The summed E-state index contributed by atoms with van der Waals surface area (Å²) in [7, 11) is 0. The lowest BCUT2D eigenvalue weighted by molar-refractivity contribution is -0.184. The van der Waals surface area contributed by atoms with E-state index in [1.165, 1.54) is 25.7 Å². The van der Waals surface area contributed by atoms with E-state index in [4.69, 9.17) is 14.2 Å². The Kier molecular flexibility index (Phi) is 5.80. The highest BCUT2D eigenvalue weighted by molar-refractivity contribution is 5.69. The van der Waals surface area contributed by atoms with Gasteiger partial charge in [0.1, 0.15) is 11.5 Å². The van der Waals surface area contributed by atoms with Crippen LogP contribution < -0.4 is 9.47 Å². The van der Waals surface area contributed by atoms with Crippen molar-refractivity contribution in [2.45, 2.75) is 116 Å². The normalized spacial score (nSPS) is 40.6. The van der Waals surface area contributed by atoms with E-state index >= 15 is 0 Å². The van der Waals surface area contributed by atoms with Crippen LogP contribution in [0.25, 0.3) is 0 Å². The Balaban J connectivity index is 0.991. The molecule has 9 heteroatoms. The Morgan fingerprint density at radius 2 is 1.11 bits per heavy atom. The van der Waals surface area contributed by atoms with Gasteiger partial charge in [-0.3, -0.25) is 9.80 Å². The zero-order chi connectivity index (χ0) is 37.1. The molecule has 0 radical (unpaired) electrons. The standard InChI is InChI=1S/C47H48N2O7/c50-31-12-10-27-18-33-46(52)20-29-35(26-4-2-1-3-5-26)30-21-47(53)34-19-28-11-13-32(51)41-37(28)45(47,15-17-49(34)23-25-8-9-25)43(56-41)39(30)54-38(29)42-44(46,36(27)40(31)55-42)14-16-48(33)22-24-6-7-24/h1-5,10-13,24-25,33-35,42-43,50-53H,6-9,14-23H2/t33?,34?,35?,42-,43-,44-,45-,46+,47+/m0/s1. The molecule has 4 fully saturated rings. The van der Waals surface area contributed by atoms with E-state index in [0.29, 0.717) is 61.9 Å². The zero-order valence-electron chi connectivity index (χ0n) is 31.5. The predicted octanol–water partition coefficient (Wildman–Crippen LogP) is 5.47. The number of ether oxygens (including phenoxy) is 3. The molecule has 4 N–H and O–H groups in total. The zero-order valence-corrected chi connectivity index (χ0v) is 31.5. The number of hydrogen-bond donors (Lipinski definition) is 4. The van der Waals surface area contributed by atoms with Gasteiger partial charge in [-0.05, 0) is 116 Å². The Bertz CT molecular complexity index is 2220. The summed E-state index contributed by atoms with van der Waals surface area (Å²) in [4.78, 5) is 5.15. The molecule has 11 aliphatic rings. The summed E-state index contributed by atoms with van der Waals surface area (Å²) in [5.41, 5.74) is 3.45. The van der Waals surface area contributed by atoms with Gasteiger partial charge in [-0.15, -0.1) is 0 Å². The SMILES string of the molecule is Oc1ccc2c3c1O[C@H]1C4=C(C[C@@]5(O)C(C2)N(CC2CC2)CC[C@]315)C(c1ccccc1)C1=C(O4)[C@@H]2Oc3c(O)ccc4c3[C@@]23CCN(CC2CC2)C(C4)[C@]3(O)C1. The number of phenols is 2.